The summed E-state index contributed by atoms with van der Waals surface area (Å²) in [5, 5.41) is 18.6. The van der Waals surface area contributed by atoms with Gasteiger partial charge in [-0.25, -0.2) is 4.79 Å². The van der Waals surface area contributed by atoms with Gasteiger partial charge >= 0.3 is 5.69 Å². The second-order valence-corrected chi connectivity index (χ2v) is 4.29. The maximum Gasteiger partial charge on any atom is 0.330 e. The fourth-order valence-electron chi connectivity index (χ4n) is 2.04. The van der Waals surface area contributed by atoms with Crippen LogP contribution in [0.3, 0.4) is 0 Å². The normalized spacial score (nSPS) is 27.6. The van der Waals surface area contributed by atoms with Gasteiger partial charge in [0.05, 0.1) is 12.7 Å². The van der Waals surface area contributed by atoms with E-state index in [9.17, 15) is 14.7 Å². The van der Waals surface area contributed by atoms with Gasteiger partial charge in [-0.1, -0.05) is 6.92 Å². The molecule has 0 bridgehead atoms. The number of aromatic amines is 1. The Morgan fingerprint density at radius 3 is 2.83 bits per heavy atom. The Morgan fingerprint density at radius 2 is 2.28 bits per heavy atom. The Hall–Kier alpha value is -1.44. The summed E-state index contributed by atoms with van der Waals surface area (Å²) in [6, 6.07) is 0. The number of aryl methyl sites for hydroxylation is 1. The van der Waals surface area contributed by atoms with Gasteiger partial charge in [0.15, 0.2) is 0 Å². The number of hydrogen-bond donors (Lipinski definition) is 3. The van der Waals surface area contributed by atoms with Gasteiger partial charge in [0.2, 0.25) is 0 Å². The summed E-state index contributed by atoms with van der Waals surface area (Å²) in [5.74, 6) is 0. The zero-order valence-electron chi connectivity index (χ0n) is 10.00. The second kappa shape index (κ2) is 5.05. The summed E-state index contributed by atoms with van der Waals surface area (Å²) < 4.78 is 6.62. The SMILES string of the molecule is CCc1cn([C@H]2C[C@H](O)[C@H](CO)O2)c(=O)[nH]c1=O. The molecule has 3 atom stereocenters. The van der Waals surface area contributed by atoms with Gasteiger partial charge < -0.3 is 14.9 Å². The third-order valence-corrected chi connectivity index (χ3v) is 3.12. The lowest BCUT2D eigenvalue weighted by molar-refractivity contribution is -0.0459. The van der Waals surface area contributed by atoms with Crippen molar-refractivity contribution in [2.24, 2.45) is 0 Å². The van der Waals surface area contributed by atoms with Gasteiger partial charge in [0.1, 0.15) is 12.3 Å². The summed E-state index contributed by atoms with van der Waals surface area (Å²) in [5.41, 5.74) is -0.510. The van der Waals surface area contributed by atoms with Crippen LogP contribution in [-0.4, -0.2) is 38.6 Å². The van der Waals surface area contributed by atoms with E-state index in [-0.39, 0.29) is 13.0 Å². The standard InChI is InChI=1S/C11H16N2O5/c1-2-6-4-13(11(17)12-10(6)16)9-3-7(15)8(5-14)18-9/h4,7-9,14-15H,2-3,5H2,1H3,(H,12,16,17)/t7-,8-,9+/m0/s1. The lowest BCUT2D eigenvalue weighted by Gasteiger charge is -2.14. The molecule has 1 aromatic rings. The average molecular weight is 256 g/mol. The highest BCUT2D eigenvalue weighted by Crippen LogP contribution is 2.27. The number of nitrogens with one attached hydrogen (secondary N) is 1. The highest BCUT2D eigenvalue weighted by atomic mass is 16.5. The number of H-pyrrole nitrogens is 1. The third-order valence-electron chi connectivity index (χ3n) is 3.12. The molecule has 1 aliphatic rings. The van der Waals surface area contributed by atoms with E-state index in [1.54, 1.807) is 6.92 Å². The summed E-state index contributed by atoms with van der Waals surface area (Å²) in [4.78, 5) is 25.3. The molecule has 0 spiro atoms. The Kier molecular flexibility index (Phi) is 3.65. The molecular formula is C11H16N2O5. The second-order valence-electron chi connectivity index (χ2n) is 4.29. The Balaban J connectivity index is 2.35. The topological polar surface area (TPSA) is 105 Å². The van der Waals surface area contributed by atoms with Crippen molar-refractivity contribution in [3.63, 3.8) is 0 Å². The predicted molar refractivity (Wildman–Crippen MR) is 62.3 cm³/mol. The van der Waals surface area contributed by atoms with Crippen LogP contribution in [0.5, 0.6) is 0 Å². The molecule has 0 unspecified atom stereocenters. The first-order valence-corrected chi connectivity index (χ1v) is 5.85. The van der Waals surface area contributed by atoms with Gasteiger partial charge in [0.25, 0.3) is 5.56 Å². The molecule has 0 aromatic carbocycles. The maximum absolute atomic E-state index is 11.7. The van der Waals surface area contributed by atoms with E-state index in [4.69, 9.17) is 9.84 Å². The van der Waals surface area contributed by atoms with Gasteiger partial charge in [-0.05, 0) is 6.42 Å². The van der Waals surface area contributed by atoms with Crippen molar-refractivity contribution in [3.8, 4) is 0 Å². The first-order valence-electron chi connectivity index (χ1n) is 5.85. The lowest BCUT2D eigenvalue weighted by Crippen LogP contribution is -2.34. The number of nitrogens with zero attached hydrogens (tertiary/aromatic N) is 1. The van der Waals surface area contributed by atoms with E-state index in [0.717, 1.165) is 0 Å². The highest BCUT2D eigenvalue weighted by molar-refractivity contribution is 5.04. The maximum atomic E-state index is 11.7. The smallest absolute Gasteiger partial charge is 0.330 e. The largest absolute Gasteiger partial charge is 0.394 e. The monoisotopic (exact) mass is 256 g/mol. The average Bonchev–Trinajstić information content (AvgIpc) is 2.70. The zero-order chi connectivity index (χ0) is 13.3. The van der Waals surface area contributed by atoms with E-state index in [1.807, 2.05) is 0 Å². The molecule has 0 aliphatic carbocycles. The minimum absolute atomic E-state index is 0.209. The van der Waals surface area contributed by atoms with Gasteiger partial charge in [-0.15, -0.1) is 0 Å². The highest BCUT2D eigenvalue weighted by Gasteiger charge is 2.35. The number of ether oxygens (including phenoxy) is 1. The van der Waals surface area contributed by atoms with E-state index < -0.39 is 29.7 Å². The lowest BCUT2D eigenvalue weighted by atomic mass is 10.2. The van der Waals surface area contributed by atoms with Crippen LogP contribution in [0, 0.1) is 0 Å². The Bertz CT molecular complexity index is 535. The summed E-state index contributed by atoms with van der Waals surface area (Å²) in [6.45, 7) is 1.50. The third kappa shape index (κ3) is 2.24. The van der Waals surface area contributed by atoms with Crippen molar-refractivity contribution in [1.29, 1.82) is 0 Å². The Morgan fingerprint density at radius 1 is 1.56 bits per heavy atom. The van der Waals surface area contributed by atoms with E-state index in [1.165, 1.54) is 10.8 Å². The molecule has 7 heteroatoms. The zero-order valence-corrected chi connectivity index (χ0v) is 10.00. The van der Waals surface area contributed by atoms with Crippen LogP contribution in [0.15, 0.2) is 15.8 Å². The molecule has 18 heavy (non-hydrogen) atoms. The fourth-order valence-corrected chi connectivity index (χ4v) is 2.04. The number of aromatic nitrogens is 2. The minimum Gasteiger partial charge on any atom is -0.394 e. The van der Waals surface area contributed by atoms with Gasteiger partial charge in [0, 0.05) is 18.2 Å². The van der Waals surface area contributed by atoms with Crippen molar-refractivity contribution in [2.75, 3.05) is 6.61 Å². The molecule has 2 rings (SSSR count). The van der Waals surface area contributed by atoms with Crippen LogP contribution in [0.1, 0.15) is 25.1 Å². The van der Waals surface area contributed by atoms with E-state index >= 15 is 0 Å². The van der Waals surface area contributed by atoms with Crippen molar-refractivity contribution in [2.45, 2.75) is 38.2 Å². The van der Waals surface area contributed by atoms with Crippen molar-refractivity contribution in [1.82, 2.24) is 9.55 Å². The van der Waals surface area contributed by atoms with E-state index in [0.29, 0.717) is 12.0 Å². The number of aliphatic hydroxyl groups excluding tert-OH is 2. The fraction of sp³-hybridized carbons (Fsp3) is 0.636. The molecular weight excluding hydrogens is 240 g/mol. The number of aliphatic hydroxyl groups is 2. The van der Waals surface area contributed by atoms with Crippen LogP contribution >= 0.6 is 0 Å². The first-order chi connectivity index (χ1) is 8.56. The molecule has 0 radical (unpaired) electrons. The van der Waals surface area contributed by atoms with Crippen LogP contribution in [0.2, 0.25) is 0 Å². The molecule has 1 fully saturated rings. The molecule has 1 aliphatic heterocycles. The number of hydrogen-bond acceptors (Lipinski definition) is 5. The molecule has 0 amide bonds. The molecule has 3 N–H and O–H groups in total. The van der Waals surface area contributed by atoms with Crippen LogP contribution in [0.25, 0.3) is 0 Å². The summed E-state index contributed by atoms with van der Waals surface area (Å²) in [6.07, 6.45) is -0.0259. The van der Waals surface area contributed by atoms with Gasteiger partial charge in [-0.2, -0.15) is 0 Å². The number of rotatable bonds is 3. The van der Waals surface area contributed by atoms with Crippen molar-refractivity contribution in [3.05, 3.63) is 32.6 Å². The van der Waals surface area contributed by atoms with Crippen molar-refractivity contribution < 1.29 is 14.9 Å². The molecule has 7 nitrogen and oxygen atoms in total. The Labute approximate surface area is 103 Å². The predicted octanol–water partition coefficient (Wildman–Crippen LogP) is -1.26. The first kappa shape index (κ1) is 13.0. The summed E-state index contributed by atoms with van der Waals surface area (Å²) >= 11 is 0. The van der Waals surface area contributed by atoms with Gasteiger partial charge in [-0.3, -0.25) is 14.3 Å². The molecule has 100 valence electrons. The van der Waals surface area contributed by atoms with E-state index in [2.05, 4.69) is 4.98 Å². The molecule has 1 saturated heterocycles. The van der Waals surface area contributed by atoms with Crippen LogP contribution < -0.4 is 11.2 Å². The molecule has 0 saturated carbocycles. The minimum atomic E-state index is -0.816. The van der Waals surface area contributed by atoms with Crippen LogP contribution in [0.4, 0.5) is 0 Å². The molecule has 1 aromatic heterocycles. The quantitative estimate of drug-likeness (QED) is 0.626. The van der Waals surface area contributed by atoms with Crippen molar-refractivity contribution >= 4 is 0 Å². The summed E-state index contributed by atoms with van der Waals surface area (Å²) in [7, 11) is 0. The van der Waals surface area contributed by atoms with Crippen LogP contribution in [-0.2, 0) is 11.2 Å². The molecule has 2 heterocycles.